The first-order chi connectivity index (χ1) is 12.2. The molecule has 134 valence electrons. The van der Waals surface area contributed by atoms with Gasteiger partial charge in [-0.3, -0.25) is 0 Å². The van der Waals surface area contributed by atoms with Crippen molar-refractivity contribution in [2.45, 2.75) is 38.9 Å². The zero-order valence-electron chi connectivity index (χ0n) is 15.1. The number of hydrogen-bond acceptors (Lipinski definition) is 3. The molecule has 3 aromatic rings. The largest absolute Gasteiger partial charge is 0.496 e. The molecular formula is C19H19BF2N2O2. The molecule has 0 atom stereocenters. The highest BCUT2D eigenvalue weighted by molar-refractivity contribution is 6.62. The highest BCUT2D eigenvalue weighted by atomic mass is 19.1. The Morgan fingerprint density at radius 1 is 0.962 bits per heavy atom. The molecule has 2 aromatic heterocycles. The molecule has 3 heterocycles. The van der Waals surface area contributed by atoms with Crippen LogP contribution in [-0.2, 0) is 9.31 Å². The fraction of sp³-hybridized carbons (Fsp3) is 0.316. The molecule has 0 bridgehead atoms. The average molecular weight is 356 g/mol. The maximum atomic E-state index is 14.0. The van der Waals surface area contributed by atoms with Crippen molar-refractivity contribution in [3.05, 3.63) is 54.4 Å². The third-order valence-electron chi connectivity index (χ3n) is 5.21. The van der Waals surface area contributed by atoms with Crippen LogP contribution in [-0.4, -0.2) is 27.7 Å². The van der Waals surface area contributed by atoms with Crippen LogP contribution in [0.5, 0.6) is 0 Å². The minimum absolute atomic E-state index is 0.257. The fourth-order valence-electron chi connectivity index (χ4n) is 2.95. The first-order valence-corrected chi connectivity index (χ1v) is 8.46. The van der Waals surface area contributed by atoms with Crippen molar-refractivity contribution in [3.63, 3.8) is 0 Å². The van der Waals surface area contributed by atoms with Gasteiger partial charge in [-0.05, 0) is 51.4 Å². The van der Waals surface area contributed by atoms with E-state index in [1.807, 2.05) is 46.0 Å². The highest BCUT2D eigenvalue weighted by Crippen LogP contribution is 2.36. The van der Waals surface area contributed by atoms with E-state index in [1.54, 1.807) is 10.6 Å². The molecule has 0 spiro atoms. The van der Waals surface area contributed by atoms with Crippen molar-refractivity contribution < 1.29 is 18.1 Å². The molecule has 0 aliphatic carbocycles. The van der Waals surface area contributed by atoms with Gasteiger partial charge in [0, 0.05) is 24.0 Å². The van der Waals surface area contributed by atoms with E-state index in [0.717, 1.165) is 11.5 Å². The second kappa shape index (κ2) is 5.63. The molecule has 0 saturated carbocycles. The number of rotatable bonds is 2. The lowest BCUT2D eigenvalue weighted by molar-refractivity contribution is 0.00578. The monoisotopic (exact) mass is 356 g/mol. The number of fused-ring (bicyclic) bond motifs is 1. The maximum Gasteiger partial charge on any atom is 0.496 e. The van der Waals surface area contributed by atoms with E-state index in [-0.39, 0.29) is 5.56 Å². The van der Waals surface area contributed by atoms with Crippen molar-refractivity contribution in [1.82, 2.24) is 9.38 Å². The van der Waals surface area contributed by atoms with Gasteiger partial charge in [0.05, 0.1) is 16.9 Å². The molecule has 1 aliphatic rings. The van der Waals surface area contributed by atoms with Crippen molar-refractivity contribution in [2.75, 3.05) is 0 Å². The lowest BCUT2D eigenvalue weighted by Crippen LogP contribution is -2.41. The Labute approximate surface area is 150 Å². The van der Waals surface area contributed by atoms with E-state index in [2.05, 4.69) is 4.98 Å². The van der Waals surface area contributed by atoms with E-state index < -0.39 is 30.0 Å². The smallest absolute Gasteiger partial charge is 0.399 e. The van der Waals surface area contributed by atoms with Gasteiger partial charge in [-0.25, -0.2) is 13.8 Å². The lowest BCUT2D eigenvalue weighted by Gasteiger charge is -2.32. The zero-order chi connectivity index (χ0) is 18.7. The molecule has 0 amide bonds. The van der Waals surface area contributed by atoms with Crippen LogP contribution in [0.1, 0.15) is 27.7 Å². The molecule has 7 heteroatoms. The van der Waals surface area contributed by atoms with Crippen molar-refractivity contribution in [3.8, 4) is 11.3 Å². The van der Waals surface area contributed by atoms with Crippen LogP contribution in [0, 0.1) is 11.6 Å². The van der Waals surface area contributed by atoms with Crippen LogP contribution in [0.25, 0.3) is 16.9 Å². The van der Waals surface area contributed by atoms with E-state index in [0.29, 0.717) is 11.3 Å². The van der Waals surface area contributed by atoms with Crippen LogP contribution < -0.4 is 5.46 Å². The number of benzene rings is 1. The third-order valence-corrected chi connectivity index (χ3v) is 5.21. The number of nitrogens with zero attached hydrogens (tertiary/aromatic N) is 2. The molecule has 0 N–H and O–H groups in total. The molecule has 0 unspecified atom stereocenters. The molecule has 4 nitrogen and oxygen atoms in total. The van der Waals surface area contributed by atoms with Crippen molar-refractivity contribution in [1.29, 1.82) is 0 Å². The predicted molar refractivity (Wildman–Crippen MR) is 96.3 cm³/mol. The molecule has 1 aliphatic heterocycles. The van der Waals surface area contributed by atoms with Crippen LogP contribution in [0.15, 0.2) is 42.7 Å². The Morgan fingerprint density at radius 2 is 1.65 bits per heavy atom. The normalized spacial score (nSPS) is 18.6. The minimum atomic E-state index is -0.639. The SMILES string of the molecule is CC1(C)OB(c2ccc3nc(-c4ccc(F)cc4F)cn3c2)OC1(C)C. The molecule has 1 aromatic carbocycles. The lowest BCUT2D eigenvalue weighted by atomic mass is 9.80. The topological polar surface area (TPSA) is 35.8 Å². The van der Waals surface area contributed by atoms with Gasteiger partial charge in [-0.2, -0.15) is 0 Å². The van der Waals surface area contributed by atoms with E-state index in [4.69, 9.17) is 9.31 Å². The van der Waals surface area contributed by atoms with Crippen LogP contribution >= 0.6 is 0 Å². The summed E-state index contributed by atoms with van der Waals surface area (Å²) >= 11 is 0. The summed E-state index contributed by atoms with van der Waals surface area (Å²) < 4.78 is 41.1. The van der Waals surface area contributed by atoms with E-state index in [1.165, 1.54) is 12.1 Å². The van der Waals surface area contributed by atoms with Gasteiger partial charge in [-0.1, -0.05) is 6.07 Å². The summed E-state index contributed by atoms with van der Waals surface area (Å²) in [6, 6.07) is 7.18. The Balaban J connectivity index is 1.71. The number of aromatic nitrogens is 2. The maximum absolute atomic E-state index is 14.0. The summed E-state index contributed by atoms with van der Waals surface area (Å²) in [5, 5.41) is 0. The molecule has 0 radical (unpaired) electrons. The molecule has 4 rings (SSSR count). The highest BCUT2D eigenvalue weighted by Gasteiger charge is 2.51. The summed E-state index contributed by atoms with van der Waals surface area (Å²) in [4.78, 5) is 4.42. The van der Waals surface area contributed by atoms with E-state index >= 15 is 0 Å². The van der Waals surface area contributed by atoms with Crippen molar-refractivity contribution in [2.24, 2.45) is 0 Å². The van der Waals surface area contributed by atoms with Gasteiger partial charge in [0.15, 0.2) is 0 Å². The molecule has 1 fully saturated rings. The van der Waals surface area contributed by atoms with Gasteiger partial charge < -0.3 is 13.7 Å². The summed E-state index contributed by atoms with van der Waals surface area (Å²) in [6.45, 7) is 7.99. The fourth-order valence-corrected chi connectivity index (χ4v) is 2.95. The predicted octanol–water partition coefficient (Wildman–Crippen LogP) is 3.58. The van der Waals surface area contributed by atoms with Gasteiger partial charge in [-0.15, -0.1) is 0 Å². The Kier molecular flexibility index (Phi) is 3.72. The quantitative estimate of drug-likeness (QED) is 0.659. The Morgan fingerprint density at radius 3 is 2.31 bits per heavy atom. The van der Waals surface area contributed by atoms with Gasteiger partial charge >= 0.3 is 7.12 Å². The number of hydrogen-bond donors (Lipinski definition) is 0. The van der Waals surface area contributed by atoms with Gasteiger partial charge in [0.2, 0.25) is 0 Å². The number of imidazole rings is 1. The Hall–Kier alpha value is -2.25. The molecule has 26 heavy (non-hydrogen) atoms. The van der Waals surface area contributed by atoms with Crippen molar-refractivity contribution >= 4 is 18.2 Å². The first kappa shape index (κ1) is 17.2. The third kappa shape index (κ3) is 2.71. The average Bonchev–Trinajstić information content (AvgIpc) is 3.04. The summed E-state index contributed by atoms with van der Waals surface area (Å²) in [5.74, 6) is -1.25. The second-order valence-corrected chi connectivity index (χ2v) is 7.57. The number of pyridine rings is 1. The van der Waals surface area contributed by atoms with Crippen LogP contribution in [0.4, 0.5) is 8.78 Å². The van der Waals surface area contributed by atoms with E-state index in [9.17, 15) is 8.78 Å². The van der Waals surface area contributed by atoms with Crippen LogP contribution in [0.3, 0.4) is 0 Å². The summed E-state index contributed by atoms with van der Waals surface area (Å²) in [7, 11) is -0.488. The first-order valence-electron chi connectivity index (χ1n) is 8.46. The molecule has 1 saturated heterocycles. The standard InChI is InChI=1S/C19H19BF2N2O2/c1-18(2)19(3,4)26-20(25-18)12-5-8-17-23-16(11-24(17)10-12)14-7-6-13(21)9-15(14)22/h5-11H,1-4H3. The van der Waals surface area contributed by atoms with Gasteiger partial charge in [0.25, 0.3) is 0 Å². The summed E-state index contributed by atoms with van der Waals surface area (Å²) in [6.07, 6.45) is 3.57. The number of halogens is 2. The zero-order valence-corrected chi connectivity index (χ0v) is 15.1. The second-order valence-electron chi connectivity index (χ2n) is 7.57. The summed E-state index contributed by atoms with van der Waals surface area (Å²) in [5.41, 5.74) is 1.35. The Bertz CT molecular complexity index is 984. The van der Waals surface area contributed by atoms with Gasteiger partial charge in [0.1, 0.15) is 17.3 Å². The minimum Gasteiger partial charge on any atom is -0.399 e. The molecular weight excluding hydrogens is 337 g/mol. The van der Waals surface area contributed by atoms with Crippen LogP contribution in [0.2, 0.25) is 0 Å².